The molecule has 0 bridgehead atoms. The molecule has 1 unspecified atom stereocenters. The van der Waals surface area contributed by atoms with Crippen LogP contribution < -0.4 is 5.32 Å². The van der Waals surface area contributed by atoms with Crippen LogP contribution >= 0.6 is 0 Å². The molecule has 24 heavy (non-hydrogen) atoms. The molecule has 0 saturated heterocycles. The highest BCUT2D eigenvalue weighted by atomic mass is 32.2. The van der Waals surface area contributed by atoms with Crippen molar-refractivity contribution in [3.63, 3.8) is 0 Å². The van der Waals surface area contributed by atoms with Crippen molar-refractivity contribution >= 4 is 15.7 Å². The molecule has 0 aromatic heterocycles. The Morgan fingerprint density at radius 2 is 1.71 bits per heavy atom. The first-order chi connectivity index (χ1) is 11.2. The van der Waals surface area contributed by atoms with Gasteiger partial charge in [0, 0.05) is 11.8 Å². The minimum absolute atomic E-state index is 0.112. The molecule has 1 amide bonds. The van der Waals surface area contributed by atoms with Crippen molar-refractivity contribution in [3.8, 4) is 0 Å². The minimum atomic E-state index is -3.35. The Hall–Kier alpha value is -2.14. The molecule has 0 heterocycles. The maximum atomic E-state index is 12.6. The summed E-state index contributed by atoms with van der Waals surface area (Å²) < 4.78 is 23.4. The number of aryl methyl sites for hydroxylation is 2. The molecule has 0 radical (unpaired) electrons. The van der Waals surface area contributed by atoms with Crippen molar-refractivity contribution in [3.05, 3.63) is 64.7 Å². The quantitative estimate of drug-likeness (QED) is 0.901. The molecule has 2 rings (SSSR count). The van der Waals surface area contributed by atoms with Crippen LogP contribution in [-0.2, 0) is 9.84 Å². The molecule has 2 aromatic rings. The van der Waals surface area contributed by atoms with Gasteiger partial charge >= 0.3 is 0 Å². The zero-order chi connectivity index (χ0) is 17.9. The van der Waals surface area contributed by atoms with Gasteiger partial charge in [-0.1, -0.05) is 42.8 Å². The number of carbonyl (C=O) groups is 1. The monoisotopic (exact) mass is 345 g/mol. The normalized spacial score (nSPS) is 12.7. The van der Waals surface area contributed by atoms with Gasteiger partial charge in [-0.3, -0.25) is 4.79 Å². The van der Waals surface area contributed by atoms with Gasteiger partial charge in [-0.15, -0.1) is 0 Å². The number of carbonyl (C=O) groups excluding carboxylic acids is 1. The highest BCUT2D eigenvalue weighted by Crippen LogP contribution is 2.20. The molecular formula is C19H23NO3S. The van der Waals surface area contributed by atoms with E-state index in [1.807, 2.05) is 38.1 Å². The van der Waals surface area contributed by atoms with E-state index in [0.717, 1.165) is 29.4 Å². The summed E-state index contributed by atoms with van der Waals surface area (Å²) in [4.78, 5) is 12.8. The lowest BCUT2D eigenvalue weighted by molar-refractivity contribution is 0.0934. The van der Waals surface area contributed by atoms with Crippen LogP contribution in [0.4, 0.5) is 0 Å². The zero-order valence-electron chi connectivity index (χ0n) is 14.5. The molecule has 0 fully saturated rings. The Bertz CT molecular complexity index is 839. The van der Waals surface area contributed by atoms with E-state index in [1.165, 1.54) is 12.1 Å². The van der Waals surface area contributed by atoms with E-state index in [9.17, 15) is 13.2 Å². The van der Waals surface area contributed by atoms with Crippen molar-refractivity contribution in [1.82, 2.24) is 5.32 Å². The van der Waals surface area contributed by atoms with E-state index in [2.05, 4.69) is 5.32 Å². The molecule has 4 nitrogen and oxygen atoms in total. The summed E-state index contributed by atoms with van der Waals surface area (Å²) in [6.45, 7) is 5.82. The van der Waals surface area contributed by atoms with E-state index >= 15 is 0 Å². The van der Waals surface area contributed by atoms with Gasteiger partial charge < -0.3 is 5.32 Å². The summed E-state index contributed by atoms with van der Waals surface area (Å²) in [5.74, 6) is -0.259. The number of benzene rings is 2. The maximum Gasteiger partial charge on any atom is 0.252 e. The Labute approximate surface area is 143 Å². The Morgan fingerprint density at radius 1 is 1.08 bits per heavy atom. The first-order valence-electron chi connectivity index (χ1n) is 7.90. The number of hydrogen-bond acceptors (Lipinski definition) is 3. The van der Waals surface area contributed by atoms with Gasteiger partial charge in [0.05, 0.1) is 10.9 Å². The van der Waals surface area contributed by atoms with E-state index in [0.29, 0.717) is 5.56 Å². The lowest BCUT2D eigenvalue weighted by Gasteiger charge is -2.19. The lowest BCUT2D eigenvalue weighted by Crippen LogP contribution is -2.29. The minimum Gasteiger partial charge on any atom is -0.345 e. The van der Waals surface area contributed by atoms with E-state index in [4.69, 9.17) is 0 Å². The number of rotatable bonds is 5. The SMILES string of the molecule is CCC(NC(=O)c1cc(S(C)(=O)=O)ccc1C)c1ccc(C)cc1. The van der Waals surface area contributed by atoms with Gasteiger partial charge in [0.15, 0.2) is 9.84 Å². The Kier molecular flexibility index (Phi) is 5.44. The fourth-order valence-electron chi connectivity index (χ4n) is 2.53. The average Bonchev–Trinajstić information content (AvgIpc) is 2.52. The Morgan fingerprint density at radius 3 is 2.25 bits per heavy atom. The highest BCUT2D eigenvalue weighted by molar-refractivity contribution is 7.90. The molecule has 0 saturated carbocycles. The van der Waals surface area contributed by atoms with Crippen molar-refractivity contribution in [2.45, 2.75) is 38.1 Å². The van der Waals surface area contributed by atoms with Gasteiger partial charge in [-0.2, -0.15) is 0 Å². The second kappa shape index (κ2) is 7.18. The summed E-state index contributed by atoms with van der Waals surface area (Å²) in [5.41, 5.74) is 3.34. The van der Waals surface area contributed by atoms with Crippen LogP contribution in [0, 0.1) is 13.8 Å². The Balaban J connectivity index is 2.29. The predicted molar refractivity (Wildman–Crippen MR) is 96.0 cm³/mol. The molecule has 1 atom stereocenters. The molecule has 0 aliphatic carbocycles. The third kappa shape index (κ3) is 4.23. The fraction of sp³-hybridized carbons (Fsp3) is 0.316. The summed E-state index contributed by atoms with van der Waals surface area (Å²) in [5, 5.41) is 3.00. The van der Waals surface area contributed by atoms with E-state index < -0.39 is 9.84 Å². The molecule has 2 aromatic carbocycles. The van der Waals surface area contributed by atoms with Crippen LogP contribution in [0.2, 0.25) is 0 Å². The van der Waals surface area contributed by atoms with Gasteiger partial charge in [-0.25, -0.2) is 8.42 Å². The van der Waals surface area contributed by atoms with Crippen LogP contribution in [0.5, 0.6) is 0 Å². The molecular weight excluding hydrogens is 322 g/mol. The number of nitrogens with one attached hydrogen (secondary N) is 1. The van der Waals surface area contributed by atoms with E-state index in [1.54, 1.807) is 13.0 Å². The zero-order valence-corrected chi connectivity index (χ0v) is 15.3. The van der Waals surface area contributed by atoms with Crippen molar-refractivity contribution < 1.29 is 13.2 Å². The average molecular weight is 345 g/mol. The standard InChI is InChI=1S/C19H23NO3S/c1-5-18(15-9-6-13(2)7-10-15)20-19(21)17-12-16(24(4,22)23)11-8-14(17)3/h6-12,18H,5H2,1-4H3,(H,20,21). The van der Waals surface area contributed by atoms with Crippen LogP contribution in [0.25, 0.3) is 0 Å². The van der Waals surface area contributed by atoms with Gasteiger partial charge in [0.1, 0.15) is 0 Å². The summed E-state index contributed by atoms with van der Waals surface area (Å²) in [6.07, 6.45) is 1.89. The molecule has 128 valence electrons. The van der Waals surface area contributed by atoms with Crippen molar-refractivity contribution in [2.24, 2.45) is 0 Å². The van der Waals surface area contributed by atoms with Crippen LogP contribution in [0.3, 0.4) is 0 Å². The molecule has 1 N–H and O–H groups in total. The first kappa shape index (κ1) is 18.2. The second-order valence-electron chi connectivity index (χ2n) is 6.09. The summed E-state index contributed by atoms with van der Waals surface area (Å²) >= 11 is 0. The third-order valence-corrected chi connectivity index (χ3v) is 5.19. The first-order valence-corrected chi connectivity index (χ1v) is 9.79. The third-order valence-electron chi connectivity index (χ3n) is 4.08. The smallest absolute Gasteiger partial charge is 0.252 e. The number of amides is 1. The van der Waals surface area contributed by atoms with Crippen molar-refractivity contribution in [1.29, 1.82) is 0 Å². The fourth-order valence-corrected chi connectivity index (χ4v) is 3.18. The molecule has 0 aliphatic rings. The molecule has 5 heteroatoms. The lowest BCUT2D eigenvalue weighted by atomic mass is 10.0. The van der Waals surface area contributed by atoms with Crippen LogP contribution in [-0.4, -0.2) is 20.6 Å². The van der Waals surface area contributed by atoms with Crippen LogP contribution in [0.15, 0.2) is 47.4 Å². The van der Waals surface area contributed by atoms with Crippen LogP contribution in [0.1, 0.15) is 46.4 Å². The van der Waals surface area contributed by atoms with E-state index in [-0.39, 0.29) is 16.8 Å². The second-order valence-corrected chi connectivity index (χ2v) is 8.11. The maximum absolute atomic E-state index is 12.6. The predicted octanol–water partition coefficient (Wildman–Crippen LogP) is 3.59. The van der Waals surface area contributed by atoms with Crippen molar-refractivity contribution in [2.75, 3.05) is 6.26 Å². The summed E-state index contributed by atoms with van der Waals surface area (Å²) in [7, 11) is -3.35. The van der Waals surface area contributed by atoms with Gasteiger partial charge in [0.2, 0.25) is 0 Å². The largest absolute Gasteiger partial charge is 0.345 e. The van der Waals surface area contributed by atoms with Gasteiger partial charge in [0.25, 0.3) is 5.91 Å². The number of hydrogen-bond donors (Lipinski definition) is 1. The van der Waals surface area contributed by atoms with Gasteiger partial charge in [-0.05, 0) is 43.5 Å². The molecule has 0 aliphatic heterocycles. The topological polar surface area (TPSA) is 63.2 Å². The number of sulfone groups is 1. The summed E-state index contributed by atoms with van der Waals surface area (Å²) in [6, 6.07) is 12.6. The molecule has 0 spiro atoms. The highest BCUT2D eigenvalue weighted by Gasteiger charge is 2.18.